The highest BCUT2D eigenvalue weighted by atomic mass is 16.6. The highest BCUT2D eigenvalue weighted by molar-refractivity contribution is 5.95. The van der Waals surface area contributed by atoms with Gasteiger partial charge in [0, 0.05) is 12.1 Å². The second-order valence-electron chi connectivity index (χ2n) is 8.25. The fourth-order valence-electron chi connectivity index (χ4n) is 2.63. The molecule has 0 saturated heterocycles. The Morgan fingerprint density at radius 3 is 2.33 bits per heavy atom. The average molecular weight is 411 g/mol. The largest absolute Gasteiger partial charge is 0.491 e. The number of hydrogen-bond acceptors (Lipinski definition) is 5. The lowest BCUT2D eigenvalue weighted by molar-refractivity contribution is -0.148. The number of anilines is 2. The van der Waals surface area contributed by atoms with Crippen molar-refractivity contribution in [1.82, 2.24) is 0 Å². The summed E-state index contributed by atoms with van der Waals surface area (Å²) in [5, 5.41) is 2.82. The van der Waals surface area contributed by atoms with E-state index in [0.29, 0.717) is 17.1 Å². The van der Waals surface area contributed by atoms with E-state index in [2.05, 4.69) is 5.32 Å². The maximum absolute atomic E-state index is 12.4. The molecule has 3 N–H and O–H groups in total. The molecule has 2 rings (SSSR count). The molecule has 0 aliphatic rings. The third-order valence-electron chi connectivity index (χ3n) is 3.83. The van der Waals surface area contributed by atoms with Crippen molar-refractivity contribution in [1.29, 1.82) is 0 Å². The first-order chi connectivity index (χ1) is 14.0. The van der Waals surface area contributed by atoms with Crippen LogP contribution in [-0.4, -0.2) is 23.6 Å². The van der Waals surface area contributed by atoms with E-state index >= 15 is 0 Å². The smallest absolute Gasteiger partial charge is 0.331 e. The van der Waals surface area contributed by atoms with E-state index in [1.54, 1.807) is 24.3 Å². The molecule has 2 aromatic carbocycles. The van der Waals surface area contributed by atoms with Crippen molar-refractivity contribution in [3.63, 3.8) is 0 Å². The summed E-state index contributed by atoms with van der Waals surface area (Å²) in [6.45, 7) is 9.33. The molecule has 0 aliphatic carbocycles. The Kier molecular flexibility index (Phi) is 7.64. The predicted molar refractivity (Wildman–Crippen MR) is 120 cm³/mol. The van der Waals surface area contributed by atoms with Crippen molar-refractivity contribution in [3.05, 3.63) is 59.7 Å². The third-order valence-corrected chi connectivity index (χ3v) is 3.83. The molecule has 0 bridgehead atoms. The van der Waals surface area contributed by atoms with Crippen LogP contribution in [0.3, 0.4) is 0 Å². The monoisotopic (exact) mass is 410 g/mol. The van der Waals surface area contributed by atoms with Crippen LogP contribution in [-0.2, 0) is 20.7 Å². The summed E-state index contributed by atoms with van der Waals surface area (Å²) < 4.78 is 10.8. The second-order valence-corrected chi connectivity index (χ2v) is 8.25. The van der Waals surface area contributed by atoms with Gasteiger partial charge in [-0.3, -0.25) is 4.79 Å². The summed E-state index contributed by atoms with van der Waals surface area (Å²) in [5.41, 5.74) is 8.18. The van der Waals surface area contributed by atoms with Crippen molar-refractivity contribution < 1.29 is 19.1 Å². The Balaban J connectivity index is 1.92. The van der Waals surface area contributed by atoms with Gasteiger partial charge in [0.1, 0.15) is 11.4 Å². The van der Waals surface area contributed by atoms with E-state index in [4.69, 9.17) is 15.2 Å². The fraction of sp³-hybridized carbons (Fsp3) is 0.333. The maximum Gasteiger partial charge on any atom is 0.331 e. The molecule has 0 aromatic heterocycles. The third kappa shape index (κ3) is 7.99. The second kappa shape index (κ2) is 9.96. The Labute approximate surface area is 178 Å². The standard InChI is InChI=1S/C24H30N2O4/c1-16(2)29-19-11-12-21(20(25)15-19)26-22(27)14-18-8-6-17(7-9-18)10-13-23(28)30-24(3,4)5/h6-13,15-16H,14,25H2,1-5H3,(H,26,27)/b13-10+. The molecule has 0 fully saturated rings. The lowest BCUT2D eigenvalue weighted by Gasteiger charge is -2.17. The highest BCUT2D eigenvalue weighted by Crippen LogP contribution is 2.25. The summed E-state index contributed by atoms with van der Waals surface area (Å²) in [6.07, 6.45) is 3.33. The average Bonchev–Trinajstić information content (AvgIpc) is 2.61. The number of ether oxygens (including phenoxy) is 2. The topological polar surface area (TPSA) is 90.6 Å². The van der Waals surface area contributed by atoms with Crippen LogP contribution in [0.15, 0.2) is 48.5 Å². The molecule has 0 atom stereocenters. The fourth-order valence-corrected chi connectivity index (χ4v) is 2.63. The molecule has 2 aromatic rings. The number of rotatable bonds is 7. The zero-order chi connectivity index (χ0) is 22.3. The van der Waals surface area contributed by atoms with Crippen LogP contribution in [0, 0.1) is 0 Å². The van der Waals surface area contributed by atoms with Crippen LogP contribution in [0.5, 0.6) is 5.75 Å². The van der Waals surface area contributed by atoms with E-state index < -0.39 is 11.6 Å². The number of amides is 1. The zero-order valence-electron chi connectivity index (χ0n) is 18.2. The Hall–Kier alpha value is -3.28. The van der Waals surface area contributed by atoms with Gasteiger partial charge in [-0.15, -0.1) is 0 Å². The quantitative estimate of drug-likeness (QED) is 0.396. The molecule has 6 heteroatoms. The molecular formula is C24H30N2O4. The van der Waals surface area contributed by atoms with Crippen molar-refractivity contribution in [2.75, 3.05) is 11.1 Å². The van der Waals surface area contributed by atoms with Crippen molar-refractivity contribution in [2.24, 2.45) is 0 Å². The molecule has 0 heterocycles. The summed E-state index contributed by atoms with van der Waals surface area (Å²) in [5.74, 6) is 0.0974. The van der Waals surface area contributed by atoms with E-state index in [1.165, 1.54) is 6.08 Å². The predicted octanol–water partition coefficient (Wildman–Crippen LogP) is 4.59. The number of carbonyl (C=O) groups excluding carboxylic acids is 2. The van der Waals surface area contributed by atoms with Crippen LogP contribution in [0.4, 0.5) is 11.4 Å². The summed E-state index contributed by atoms with van der Waals surface area (Å²) in [6, 6.07) is 12.6. The lowest BCUT2D eigenvalue weighted by Crippen LogP contribution is -2.22. The highest BCUT2D eigenvalue weighted by Gasteiger charge is 2.14. The van der Waals surface area contributed by atoms with Gasteiger partial charge in [-0.1, -0.05) is 24.3 Å². The zero-order valence-corrected chi connectivity index (χ0v) is 18.2. The van der Waals surface area contributed by atoms with Gasteiger partial charge in [-0.25, -0.2) is 4.79 Å². The van der Waals surface area contributed by atoms with Gasteiger partial charge in [-0.2, -0.15) is 0 Å². The van der Waals surface area contributed by atoms with E-state index in [9.17, 15) is 9.59 Å². The Bertz CT molecular complexity index is 910. The minimum atomic E-state index is -0.524. The summed E-state index contributed by atoms with van der Waals surface area (Å²) in [7, 11) is 0. The minimum Gasteiger partial charge on any atom is -0.491 e. The first-order valence-electron chi connectivity index (χ1n) is 9.88. The van der Waals surface area contributed by atoms with Crippen LogP contribution < -0.4 is 15.8 Å². The van der Waals surface area contributed by atoms with Gasteiger partial charge in [0.25, 0.3) is 0 Å². The molecule has 1 amide bonds. The molecule has 0 aliphatic heterocycles. The lowest BCUT2D eigenvalue weighted by atomic mass is 10.1. The Morgan fingerprint density at radius 2 is 1.77 bits per heavy atom. The number of hydrogen-bond donors (Lipinski definition) is 2. The Morgan fingerprint density at radius 1 is 1.10 bits per heavy atom. The van der Waals surface area contributed by atoms with Crippen LogP contribution >= 0.6 is 0 Å². The van der Waals surface area contributed by atoms with Crippen LogP contribution in [0.1, 0.15) is 45.7 Å². The normalized spacial score (nSPS) is 11.5. The molecule has 6 nitrogen and oxygen atoms in total. The first-order valence-corrected chi connectivity index (χ1v) is 9.88. The molecule has 160 valence electrons. The SMILES string of the molecule is CC(C)Oc1ccc(NC(=O)Cc2ccc(/C=C/C(=O)OC(C)(C)C)cc2)c(N)c1. The van der Waals surface area contributed by atoms with E-state index in [-0.39, 0.29) is 18.4 Å². The molecule has 0 radical (unpaired) electrons. The van der Waals surface area contributed by atoms with Crippen molar-refractivity contribution in [2.45, 2.75) is 52.7 Å². The molecule has 0 unspecified atom stereocenters. The van der Waals surface area contributed by atoms with Gasteiger partial charge < -0.3 is 20.5 Å². The molecular weight excluding hydrogens is 380 g/mol. The minimum absolute atomic E-state index is 0.0480. The van der Waals surface area contributed by atoms with Crippen LogP contribution in [0.2, 0.25) is 0 Å². The van der Waals surface area contributed by atoms with Crippen molar-refractivity contribution in [3.8, 4) is 5.75 Å². The number of benzene rings is 2. The number of esters is 1. The first kappa shape index (κ1) is 23.0. The van der Waals surface area contributed by atoms with Gasteiger partial charge in [0.15, 0.2) is 0 Å². The van der Waals surface area contributed by atoms with E-state index in [1.807, 2.05) is 58.9 Å². The molecule has 30 heavy (non-hydrogen) atoms. The molecule has 0 saturated carbocycles. The van der Waals surface area contributed by atoms with Crippen LogP contribution in [0.25, 0.3) is 6.08 Å². The van der Waals surface area contributed by atoms with Gasteiger partial charge in [0.05, 0.1) is 23.9 Å². The number of nitrogen functional groups attached to an aromatic ring is 1. The van der Waals surface area contributed by atoms with Gasteiger partial charge in [-0.05, 0) is 64.0 Å². The van der Waals surface area contributed by atoms with Gasteiger partial charge in [0.2, 0.25) is 5.91 Å². The summed E-state index contributed by atoms with van der Waals surface area (Å²) >= 11 is 0. The summed E-state index contributed by atoms with van der Waals surface area (Å²) in [4.78, 5) is 24.1. The van der Waals surface area contributed by atoms with Gasteiger partial charge >= 0.3 is 5.97 Å². The number of nitrogens with one attached hydrogen (secondary N) is 1. The number of carbonyl (C=O) groups is 2. The molecule has 0 spiro atoms. The van der Waals surface area contributed by atoms with E-state index in [0.717, 1.165) is 11.1 Å². The maximum atomic E-state index is 12.4. The van der Waals surface area contributed by atoms with Crippen molar-refractivity contribution >= 4 is 29.3 Å². The number of nitrogens with two attached hydrogens (primary N) is 1.